The number of carbonyl (C=O) groups is 1. The maximum Gasteiger partial charge on any atom is 0.347 e. The first-order valence-electron chi connectivity index (χ1n) is 3.98. The highest BCUT2D eigenvalue weighted by molar-refractivity contribution is 7.16. The van der Waals surface area contributed by atoms with Crippen LogP contribution in [-0.4, -0.2) is 21.0 Å². The summed E-state index contributed by atoms with van der Waals surface area (Å²) >= 11 is 6.74. The molecule has 2 aromatic rings. The molecule has 76 valence electrons. The minimum atomic E-state index is -0.972. The second kappa shape index (κ2) is 3.96. The van der Waals surface area contributed by atoms with Crippen LogP contribution in [0.4, 0.5) is 0 Å². The van der Waals surface area contributed by atoms with Crippen LogP contribution in [0.15, 0.2) is 24.5 Å². The van der Waals surface area contributed by atoms with Crippen LogP contribution < -0.4 is 0 Å². The second-order valence-electron chi connectivity index (χ2n) is 2.70. The number of carboxylic acids is 1. The number of aromatic nitrogens is 2. The third-order valence-corrected chi connectivity index (χ3v) is 2.95. The molecule has 0 bridgehead atoms. The number of nitrogens with zero attached hydrogens (tertiary/aromatic N) is 2. The molecule has 4 nitrogen and oxygen atoms in total. The van der Waals surface area contributed by atoms with Gasteiger partial charge in [0.2, 0.25) is 0 Å². The first-order chi connectivity index (χ1) is 7.16. The summed E-state index contributed by atoms with van der Waals surface area (Å²) in [5.41, 5.74) is 0.761. The van der Waals surface area contributed by atoms with Crippen molar-refractivity contribution in [2.24, 2.45) is 0 Å². The molecule has 0 atom stereocenters. The molecule has 2 aromatic heterocycles. The van der Waals surface area contributed by atoms with Gasteiger partial charge in [0.1, 0.15) is 15.0 Å². The second-order valence-corrected chi connectivity index (χ2v) is 4.12. The quantitative estimate of drug-likeness (QED) is 0.820. The van der Waals surface area contributed by atoms with Crippen molar-refractivity contribution >= 4 is 28.9 Å². The van der Waals surface area contributed by atoms with Gasteiger partial charge in [-0.05, 0) is 12.1 Å². The zero-order valence-corrected chi connectivity index (χ0v) is 8.92. The maximum absolute atomic E-state index is 10.6. The van der Waals surface area contributed by atoms with Crippen molar-refractivity contribution in [3.63, 3.8) is 0 Å². The van der Waals surface area contributed by atoms with E-state index in [1.807, 2.05) is 0 Å². The van der Waals surface area contributed by atoms with Crippen molar-refractivity contribution in [2.75, 3.05) is 0 Å². The molecule has 0 radical (unpaired) electrons. The highest BCUT2D eigenvalue weighted by Gasteiger charge is 2.09. The van der Waals surface area contributed by atoms with Gasteiger partial charge in [0, 0.05) is 11.8 Å². The Morgan fingerprint density at radius 1 is 1.33 bits per heavy atom. The molecule has 2 rings (SSSR count). The number of pyridine rings is 1. The Labute approximate surface area is 94.2 Å². The van der Waals surface area contributed by atoms with Crippen LogP contribution >= 0.6 is 22.9 Å². The van der Waals surface area contributed by atoms with E-state index in [9.17, 15) is 4.79 Å². The van der Waals surface area contributed by atoms with E-state index in [-0.39, 0.29) is 4.88 Å². The van der Waals surface area contributed by atoms with E-state index in [1.165, 1.54) is 6.20 Å². The van der Waals surface area contributed by atoms with Crippen LogP contribution in [0.25, 0.3) is 10.6 Å². The molecular weight excluding hydrogens is 236 g/mol. The Balaban J connectivity index is 2.37. The van der Waals surface area contributed by atoms with Gasteiger partial charge in [-0.15, -0.1) is 11.3 Å². The van der Waals surface area contributed by atoms with Crippen molar-refractivity contribution in [1.82, 2.24) is 9.97 Å². The smallest absolute Gasteiger partial charge is 0.347 e. The lowest BCUT2D eigenvalue weighted by Gasteiger charge is -1.94. The van der Waals surface area contributed by atoms with Crippen LogP contribution in [0, 0.1) is 0 Å². The van der Waals surface area contributed by atoms with Crippen LogP contribution in [0.1, 0.15) is 9.67 Å². The van der Waals surface area contributed by atoms with Crippen molar-refractivity contribution in [3.8, 4) is 10.6 Å². The van der Waals surface area contributed by atoms with E-state index >= 15 is 0 Å². The normalized spacial score (nSPS) is 10.2. The molecule has 0 aliphatic heterocycles. The summed E-state index contributed by atoms with van der Waals surface area (Å²) in [6.07, 6.45) is 2.89. The molecule has 0 amide bonds. The predicted molar refractivity (Wildman–Crippen MR) is 57.3 cm³/mol. The van der Waals surface area contributed by atoms with Gasteiger partial charge in [-0.1, -0.05) is 11.6 Å². The first-order valence-corrected chi connectivity index (χ1v) is 5.17. The van der Waals surface area contributed by atoms with Gasteiger partial charge in [0.15, 0.2) is 0 Å². The first kappa shape index (κ1) is 10.1. The Bertz CT molecular complexity index is 495. The molecular formula is C9H5ClN2O2S. The van der Waals surface area contributed by atoms with Crippen LogP contribution in [0.3, 0.4) is 0 Å². The Kier molecular flexibility index (Phi) is 2.66. The summed E-state index contributed by atoms with van der Waals surface area (Å²) in [5.74, 6) is -0.972. The highest BCUT2D eigenvalue weighted by Crippen LogP contribution is 2.24. The number of aromatic carboxylic acids is 1. The molecule has 0 aliphatic carbocycles. The number of hydrogen-bond donors (Lipinski definition) is 1. The molecule has 0 spiro atoms. The summed E-state index contributed by atoms with van der Waals surface area (Å²) in [5, 5.41) is 9.74. The predicted octanol–water partition coefficient (Wildman–Crippen LogP) is 2.56. The zero-order valence-electron chi connectivity index (χ0n) is 7.35. The van der Waals surface area contributed by atoms with E-state index in [0.29, 0.717) is 10.2 Å². The third-order valence-electron chi connectivity index (χ3n) is 1.69. The van der Waals surface area contributed by atoms with E-state index in [1.54, 1.807) is 18.3 Å². The monoisotopic (exact) mass is 240 g/mol. The Morgan fingerprint density at radius 3 is 2.67 bits per heavy atom. The van der Waals surface area contributed by atoms with E-state index in [4.69, 9.17) is 16.7 Å². The SMILES string of the molecule is O=C(O)c1cnc(-c2ccc(Cl)nc2)s1. The van der Waals surface area contributed by atoms with Gasteiger partial charge < -0.3 is 5.11 Å². The van der Waals surface area contributed by atoms with Gasteiger partial charge in [0.05, 0.1) is 6.20 Å². The molecule has 0 unspecified atom stereocenters. The fourth-order valence-electron chi connectivity index (χ4n) is 1.01. The zero-order chi connectivity index (χ0) is 10.8. The maximum atomic E-state index is 10.6. The van der Waals surface area contributed by atoms with Crippen molar-refractivity contribution in [2.45, 2.75) is 0 Å². The van der Waals surface area contributed by atoms with Crippen molar-refractivity contribution < 1.29 is 9.90 Å². The number of thiazole rings is 1. The van der Waals surface area contributed by atoms with Gasteiger partial charge in [-0.3, -0.25) is 0 Å². The minimum absolute atomic E-state index is 0.208. The van der Waals surface area contributed by atoms with Crippen LogP contribution in [-0.2, 0) is 0 Å². The molecule has 6 heteroatoms. The largest absolute Gasteiger partial charge is 0.477 e. The fraction of sp³-hybridized carbons (Fsp3) is 0. The summed E-state index contributed by atoms with van der Waals surface area (Å²) in [4.78, 5) is 18.7. The standard InChI is InChI=1S/C9H5ClN2O2S/c10-7-2-1-5(3-11-7)8-12-4-6(15-8)9(13)14/h1-4H,(H,13,14). The molecule has 0 saturated heterocycles. The Morgan fingerprint density at radius 2 is 2.13 bits per heavy atom. The van der Waals surface area contributed by atoms with Crippen LogP contribution in [0.5, 0.6) is 0 Å². The average Bonchev–Trinajstić information content (AvgIpc) is 2.68. The van der Waals surface area contributed by atoms with Gasteiger partial charge in [0.25, 0.3) is 0 Å². The number of halogens is 1. The van der Waals surface area contributed by atoms with Gasteiger partial charge >= 0.3 is 5.97 Å². The highest BCUT2D eigenvalue weighted by atomic mass is 35.5. The molecule has 0 aromatic carbocycles. The Hall–Kier alpha value is -1.46. The molecule has 0 fully saturated rings. The van der Waals surface area contributed by atoms with E-state index in [0.717, 1.165) is 16.9 Å². The lowest BCUT2D eigenvalue weighted by Crippen LogP contribution is -1.89. The molecule has 0 saturated carbocycles. The minimum Gasteiger partial charge on any atom is -0.477 e. The number of rotatable bonds is 2. The van der Waals surface area contributed by atoms with Gasteiger partial charge in [-0.25, -0.2) is 14.8 Å². The van der Waals surface area contributed by atoms with Crippen molar-refractivity contribution in [1.29, 1.82) is 0 Å². The lowest BCUT2D eigenvalue weighted by molar-refractivity contribution is 0.0702. The van der Waals surface area contributed by atoms with E-state index < -0.39 is 5.97 Å². The molecule has 0 aliphatic rings. The van der Waals surface area contributed by atoms with Gasteiger partial charge in [-0.2, -0.15) is 0 Å². The fourth-order valence-corrected chi connectivity index (χ4v) is 1.87. The molecule has 2 heterocycles. The topological polar surface area (TPSA) is 63.1 Å². The summed E-state index contributed by atoms with van der Waals surface area (Å²) in [6.45, 7) is 0. The van der Waals surface area contributed by atoms with E-state index in [2.05, 4.69) is 9.97 Å². The van der Waals surface area contributed by atoms with Crippen molar-refractivity contribution in [3.05, 3.63) is 34.6 Å². The summed E-state index contributed by atoms with van der Waals surface area (Å²) in [7, 11) is 0. The third kappa shape index (κ3) is 2.14. The lowest BCUT2D eigenvalue weighted by atomic mass is 10.3. The summed E-state index contributed by atoms with van der Waals surface area (Å²) < 4.78 is 0. The number of hydrogen-bond acceptors (Lipinski definition) is 4. The van der Waals surface area contributed by atoms with Crippen LogP contribution in [0.2, 0.25) is 5.15 Å². The molecule has 15 heavy (non-hydrogen) atoms. The average molecular weight is 241 g/mol. The summed E-state index contributed by atoms with van der Waals surface area (Å²) in [6, 6.07) is 3.39. The molecule has 1 N–H and O–H groups in total. The number of carboxylic acid groups (broad SMARTS) is 1.